The summed E-state index contributed by atoms with van der Waals surface area (Å²) in [6.07, 6.45) is 2.81. The molecule has 0 radical (unpaired) electrons. The third kappa shape index (κ3) is 3.70. The van der Waals surface area contributed by atoms with Gasteiger partial charge in [-0.25, -0.2) is 14.8 Å². The zero-order valence-corrected chi connectivity index (χ0v) is 15.3. The lowest BCUT2D eigenvalue weighted by atomic mass is 9.92. The van der Waals surface area contributed by atoms with E-state index in [4.69, 9.17) is 7.48 Å². The highest BCUT2D eigenvalue weighted by molar-refractivity contribution is 5.87. The van der Waals surface area contributed by atoms with Crippen molar-refractivity contribution in [3.8, 4) is 0 Å². The molecule has 136 valence electrons. The van der Waals surface area contributed by atoms with Gasteiger partial charge in [0.25, 0.3) is 0 Å². The van der Waals surface area contributed by atoms with Crippen molar-refractivity contribution in [1.29, 1.82) is 0 Å². The first-order valence-corrected chi connectivity index (χ1v) is 8.42. The van der Waals surface area contributed by atoms with Gasteiger partial charge in [-0.3, -0.25) is 0 Å². The monoisotopic (exact) mass is 348 g/mol. The topological polar surface area (TPSA) is 74.3 Å². The first-order valence-electron chi connectivity index (χ1n) is 9.92. The minimum absolute atomic E-state index is 0.181. The minimum atomic E-state index is -2.31. The van der Waals surface area contributed by atoms with Crippen LogP contribution in [0, 0.1) is 5.92 Å². The minimum Gasteiger partial charge on any atom is -0.444 e. The van der Waals surface area contributed by atoms with Gasteiger partial charge in [0.05, 0.1) is 15.5 Å². The van der Waals surface area contributed by atoms with Crippen LogP contribution in [0.25, 0.3) is 11.0 Å². The molecule has 0 spiro atoms. The maximum absolute atomic E-state index is 12.7. The summed E-state index contributed by atoms with van der Waals surface area (Å²) in [6, 6.07) is 0.0138. The number of nitrogens with zero attached hydrogens (tertiary/aromatic N) is 4. The molecule has 0 aromatic carbocycles. The number of aromatic nitrogens is 3. The molecule has 1 saturated heterocycles. The van der Waals surface area contributed by atoms with Gasteiger partial charge in [0, 0.05) is 26.3 Å². The number of hydrogen-bond donors (Lipinski definition) is 1. The highest BCUT2D eigenvalue weighted by Crippen LogP contribution is 2.29. The normalized spacial score (nSPS) is 28.1. The van der Waals surface area contributed by atoms with Crippen LogP contribution in [0.2, 0.25) is 0 Å². The quantitative estimate of drug-likeness (QED) is 0.903. The molecule has 7 heteroatoms. The van der Waals surface area contributed by atoms with Crippen molar-refractivity contribution in [2.24, 2.45) is 5.92 Å². The van der Waals surface area contributed by atoms with Crippen molar-refractivity contribution < 1.29 is 13.6 Å². The molecule has 2 aromatic heterocycles. The summed E-state index contributed by atoms with van der Waals surface area (Å²) in [6.45, 7) is 4.89. The largest absolute Gasteiger partial charge is 0.444 e. The van der Waals surface area contributed by atoms with E-state index in [0.717, 1.165) is 4.90 Å². The van der Waals surface area contributed by atoms with Crippen LogP contribution in [0.15, 0.2) is 18.6 Å². The van der Waals surface area contributed by atoms with Gasteiger partial charge < -0.3 is 19.5 Å². The Hall–Kier alpha value is -2.31. The fraction of sp³-hybridized carbons (Fsp3) is 0.611. The molecule has 0 bridgehead atoms. The zero-order chi connectivity index (χ0) is 20.9. The summed E-state index contributed by atoms with van der Waals surface area (Å²) in [5.41, 5.74) is -0.148. The van der Waals surface area contributed by atoms with Crippen LogP contribution in [-0.2, 0) is 4.74 Å². The predicted molar refractivity (Wildman–Crippen MR) is 97.7 cm³/mol. The molecule has 7 nitrogen and oxygen atoms in total. The van der Waals surface area contributed by atoms with Crippen LogP contribution >= 0.6 is 0 Å². The Morgan fingerprint density at radius 2 is 2.28 bits per heavy atom. The average Bonchev–Trinajstić information content (AvgIpc) is 3.06. The zero-order valence-electron chi connectivity index (χ0n) is 18.3. The number of aromatic amines is 1. The van der Waals surface area contributed by atoms with Crippen LogP contribution in [0.5, 0.6) is 0 Å². The van der Waals surface area contributed by atoms with Gasteiger partial charge in [-0.2, -0.15) is 0 Å². The van der Waals surface area contributed by atoms with Gasteiger partial charge in [-0.1, -0.05) is 6.92 Å². The molecule has 2 atom stereocenters. The fourth-order valence-electron chi connectivity index (χ4n) is 2.86. The van der Waals surface area contributed by atoms with Gasteiger partial charge in [-0.15, -0.1) is 0 Å². The molecule has 1 fully saturated rings. The molecular formula is C18H27N5O2. The molecule has 25 heavy (non-hydrogen) atoms. The summed E-state index contributed by atoms with van der Waals surface area (Å²) >= 11 is 0. The molecule has 3 heterocycles. The number of carbonyl (C=O) groups is 1. The number of rotatable bonds is 2. The molecule has 3 rings (SSSR count). The average molecular weight is 348 g/mol. The second kappa shape index (κ2) is 6.54. The molecule has 0 saturated carbocycles. The number of piperidine rings is 1. The summed E-state index contributed by atoms with van der Waals surface area (Å²) in [7, 11) is 1.63. The molecule has 1 N–H and O–H groups in total. The standard InChI is InChI=1S/C18H27N5O2/c1-12-7-9-23(17(24)25-18(2,3)4)10-14(12)22(5)16-13-6-8-19-15(13)20-11-21-16/h6,8,11-12,14H,7,9-10H2,1-5H3,(H,19,20,21)/t12-,14-/m0/s1/i10D2,14D. The van der Waals surface area contributed by atoms with Gasteiger partial charge in [0.15, 0.2) is 0 Å². The summed E-state index contributed by atoms with van der Waals surface area (Å²) in [5, 5.41) is 0.689. The number of likely N-dealkylation sites (N-methyl/N-ethyl adjacent to an activating group) is 1. The van der Waals surface area contributed by atoms with Crippen LogP contribution in [-0.4, -0.2) is 57.7 Å². The number of amides is 1. The number of fused-ring (bicyclic) bond motifs is 1. The number of H-pyrrole nitrogens is 1. The van der Waals surface area contributed by atoms with Crippen LogP contribution in [0.4, 0.5) is 10.6 Å². The molecule has 0 aliphatic carbocycles. The van der Waals surface area contributed by atoms with E-state index in [1.807, 2.05) is 6.92 Å². The Morgan fingerprint density at radius 1 is 1.52 bits per heavy atom. The van der Waals surface area contributed by atoms with Crippen molar-refractivity contribution in [2.75, 3.05) is 25.0 Å². The lowest BCUT2D eigenvalue weighted by Gasteiger charge is -2.42. The number of hydrogen-bond acceptors (Lipinski definition) is 5. The van der Waals surface area contributed by atoms with E-state index in [0.29, 0.717) is 23.3 Å². The molecule has 2 aromatic rings. The summed E-state index contributed by atoms with van der Waals surface area (Å²) in [5.74, 6) is 0.0677. The highest BCUT2D eigenvalue weighted by Gasteiger charge is 2.34. The smallest absolute Gasteiger partial charge is 0.410 e. The molecule has 1 amide bonds. The third-order valence-electron chi connectivity index (χ3n) is 4.13. The lowest BCUT2D eigenvalue weighted by Crippen LogP contribution is -2.53. The summed E-state index contributed by atoms with van der Waals surface area (Å²) < 4.78 is 32.1. The SMILES string of the molecule is [2H]C1([2H])N(C(=O)OC(C)(C)C)CC[C@H](C)[C@@]1([2H])N(C)c1ncnc2[nH]ccc12. The first-order chi connectivity index (χ1) is 12.9. The van der Waals surface area contributed by atoms with Gasteiger partial charge >= 0.3 is 6.09 Å². The number of nitrogens with one attached hydrogen (secondary N) is 1. The predicted octanol–water partition coefficient (Wildman–Crippen LogP) is 3.04. The Bertz CT molecular complexity index is 881. The maximum Gasteiger partial charge on any atom is 0.410 e. The Balaban J connectivity index is 2.03. The molecular weight excluding hydrogens is 318 g/mol. The van der Waals surface area contributed by atoms with Crippen LogP contribution in [0.1, 0.15) is 38.2 Å². The van der Waals surface area contributed by atoms with E-state index in [9.17, 15) is 6.17 Å². The number of anilines is 1. The van der Waals surface area contributed by atoms with Gasteiger partial charge in [-0.05, 0) is 39.2 Å². The van der Waals surface area contributed by atoms with Gasteiger partial charge in [0.2, 0.25) is 0 Å². The molecule has 1 aliphatic rings. The Labute approximate surface area is 152 Å². The second-order valence-electron chi connectivity index (χ2n) is 7.31. The van der Waals surface area contributed by atoms with Crippen molar-refractivity contribution in [1.82, 2.24) is 19.9 Å². The maximum atomic E-state index is 12.7. The fourth-order valence-corrected chi connectivity index (χ4v) is 2.86. The third-order valence-corrected chi connectivity index (χ3v) is 4.13. The highest BCUT2D eigenvalue weighted by atomic mass is 16.6. The number of ether oxygens (including phenoxy) is 1. The lowest BCUT2D eigenvalue weighted by molar-refractivity contribution is 0.0165. The van der Waals surface area contributed by atoms with Crippen molar-refractivity contribution in [3.05, 3.63) is 18.6 Å². The van der Waals surface area contributed by atoms with Crippen molar-refractivity contribution in [3.63, 3.8) is 0 Å². The molecule has 1 aliphatic heterocycles. The van der Waals surface area contributed by atoms with E-state index < -0.39 is 24.2 Å². The van der Waals surface area contributed by atoms with Crippen LogP contribution < -0.4 is 4.90 Å². The van der Waals surface area contributed by atoms with E-state index >= 15 is 0 Å². The number of likely N-dealkylation sites (tertiary alicyclic amines) is 1. The summed E-state index contributed by atoms with van der Waals surface area (Å²) in [4.78, 5) is 26.7. The Kier molecular flexibility index (Phi) is 3.64. The van der Waals surface area contributed by atoms with Crippen molar-refractivity contribution >= 4 is 22.9 Å². The molecule has 0 unspecified atom stereocenters. The first kappa shape index (κ1) is 13.9. The van der Waals surface area contributed by atoms with Crippen LogP contribution in [0.3, 0.4) is 0 Å². The van der Waals surface area contributed by atoms with Crippen molar-refractivity contribution in [2.45, 2.75) is 45.7 Å². The van der Waals surface area contributed by atoms with E-state index in [-0.39, 0.29) is 12.5 Å². The number of carbonyl (C=O) groups excluding carboxylic acids is 1. The van der Waals surface area contributed by atoms with E-state index in [1.54, 1.807) is 40.1 Å². The van der Waals surface area contributed by atoms with Gasteiger partial charge in [0.1, 0.15) is 23.4 Å². The van der Waals surface area contributed by atoms with E-state index in [2.05, 4.69) is 15.0 Å². The second-order valence-corrected chi connectivity index (χ2v) is 7.31. The van der Waals surface area contributed by atoms with E-state index in [1.165, 1.54) is 11.2 Å². The Morgan fingerprint density at radius 3 is 3.00 bits per heavy atom.